The van der Waals surface area contributed by atoms with E-state index in [0.717, 1.165) is 26.1 Å². The molecular weight excluding hydrogens is 210 g/mol. The van der Waals surface area contributed by atoms with Gasteiger partial charge in [0, 0.05) is 19.6 Å². The smallest absolute Gasteiger partial charge is 0.0928 e. The molecule has 0 aromatic heterocycles. The average molecular weight is 231 g/mol. The summed E-state index contributed by atoms with van der Waals surface area (Å²) < 4.78 is 0. The van der Waals surface area contributed by atoms with Gasteiger partial charge in [0.15, 0.2) is 0 Å². The van der Waals surface area contributed by atoms with Crippen molar-refractivity contribution in [3.05, 3.63) is 35.4 Å². The fourth-order valence-corrected chi connectivity index (χ4v) is 2.86. The molecule has 92 valence electrons. The molecule has 17 heavy (non-hydrogen) atoms. The van der Waals surface area contributed by atoms with Crippen LogP contribution in [-0.4, -0.2) is 28.7 Å². The van der Waals surface area contributed by atoms with Gasteiger partial charge >= 0.3 is 0 Å². The van der Waals surface area contributed by atoms with E-state index in [9.17, 15) is 5.11 Å². The van der Waals surface area contributed by atoms with Crippen molar-refractivity contribution < 1.29 is 5.11 Å². The van der Waals surface area contributed by atoms with Crippen LogP contribution in [-0.2, 0) is 13.0 Å². The van der Waals surface area contributed by atoms with E-state index in [1.807, 2.05) is 0 Å². The van der Waals surface area contributed by atoms with Gasteiger partial charge in [-0.3, -0.25) is 4.90 Å². The second kappa shape index (κ2) is 4.11. The van der Waals surface area contributed by atoms with Crippen LogP contribution in [0.4, 0.5) is 0 Å². The Kier molecular flexibility index (Phi) is 2.72. The van der Waals surface area contributed by atoms with Crippen LogP contribution in [0.25, 0.3) is 0 Å². The van der Waals surface area contributed by atoms with Crippen LogP contribution in [0.15, 0.2) is 24.3 Å². The van der Waals surface area contributed by atoms with Crippen LogP contribution in [0, 0.1) is 5.92 Å². The van der Waals surface area contributed by atoms with Crippen molar-refractivity contribution in [3.8, 4) is 0 Å². The molecule has 0 spiro atoms. The highest BCUT2D eigenvalue weighted by atomic mass is 16.3. The number of benzene rings is 1. The molecule has 2 aliphatic rings. The van der Waals surface area contributed by atoms with Crippen molar-refractivity contribution in [2.75, 3.05) is 13.1 Å². The minimum atomic E-state index is -0.344. The Hall–Kier alpha value is -0.860. The van der Waals surface area contributed by atoms with E-state index in [1.54, 1.807) is 0 Å². The molecule has 0 atom stereocenters. The molecule has 0 radical (unpaired) electrons. The highest BCUT2D eigenvalue weighted by molar-refractivity contribution is 5.23. The number of likely N-dealkylation sites (tertiary alicyclic amines) is 1. The van der Waals surface area contributed by atoms with Crippen LogP contribution in [0.5, 0.6) is 0 Å². The Bertz CT molecular complexity index is 388. The Morgan fingerprint density at radius 1 is 1.18 bits per heavy atom. The molecule has 1 heterocycles. The fourth-order valence-electron chi connectivity index (χ4n) is 2.86. The molecule has 3 rings (SSSR count). The molecular formula is C15H21NO. The molecule has 0 bridgehead atoms. The van der Waals surface area contributed by atoms with E-state index in [0.29, 0.717) is 5.92 Å². The van der Waals surface area contributed by atoms with Crippen molar-refractivity contribution >= 4 is 0 Å². The van der Waals surface area contributed by atoms with Crippen molar-refractivity contribution in [2.24, 2.45) is 5.92 Å². The summed E-state index contributed by atoms with van der Waals surface area (Å²) in [5.74, 6) is 0.598. The zero-order chi connectivity index (χ0) is 11.9. The standard InChI is InChI=1S/C15H21NO/c1-2-12-3-5-13(6-4-12)9-16-10-15(17,11-16)14-7-8-14/h3-6,14,17H,2,7-11H2,1H3. The lowest BCUT2D eigenvalue weighted by atomic mass is 9.88. The molecule has 1 aromatic rings. The van der Waals surface area contributed by atoms with Gasteiger partial charge in [-0.15, -0.1) is 0 Å². The Labute approximate surface area is 103 Å². The maximum Gasteiger partial charge on any atom is 0.0928 e. The van der Waals surface area contributed by atoms with Gasteiger partial charge in [-0.2, -0.15) is 0 Å². The molecule has 1 saturated heterocycles. The number of aryl methyl sites for hydroxylation is 1. The van der Waals surface area contributed by atoms with Crippen LogP contribution < -0.4 is 0 Å². The summed E-state index contributed by atoms with van der Waals surface area (Å²) in [5.41, 5.74) is 2.41. The van der Waals surface area contributed by atoms with Crippen molar-refractivity contribution in [2.45, 2.75) is 38.3 Å². The van der Waals surface area contributed by atoms with E-state index < -0.39 is 0 Å². The molecule has 1 aliphatic carbocycles. The summed E-state index contributed by atoms with van der Waals surface area (Å²) >= 11 is 0. The molecule has 1 saturated carbocycles. The number of nitrogens with zero attached hydrogens (tertiary/aromatic N) is 1. The van der Waals surface area contributed by atoms with Gasteiger partial charge in [0.25, 0.3) is 0 Å². The highest BCUT2D eigenvalue weighted by Gasteiger charge is 2.51. The lowest BCUT2D eigenvalue weighted by Gasteiger charge is -2.47. The van der Waals surface area contributed by atoms with Gasteiger partial charge in [-0.1, -0.05) is 31.2 Å². The summed E-state index contributed by atoms with van der Waals surface area (Å²) in [6.07, 6.45) is 3.57. The van der Waals surface area contributed by atoms with Gasteiger partial charge in [0.05, 0.1) is 5.60 Å². The Morgan fingerprint density at radius 3 is 2.29 bits per heavy atom. The predicted molar refractivity (Wildman–Crippen MR) is 68.8 cm³/mol. The molecule has 1 N–H and O–H groups in total. The molecule has 0 amide bonds. The number of hydrogen-bond donors (Lipinski definition) is 1. The zero-order valence-electron chi connectivity index (χ0n) is 10.5. The highest BCUT2D eigenvalue weighted by Crippen LogP contribution is 2.44. The summed E-state index contributed by atoms with van der Waals surface area (Å²) in [7, 11) is 0. The topological polar surface area (TPSA) is 23.5 Å². The van der Waals surface area contributed by atoms with E-state index in [2.05, 4.69) is 36.1 Å². The largest absolute Gasteiger partial charge is 0.387 e. The maximum atomic E-state index is 10.2. The SMILES string of the molecule is CCc1ccc(CN2CC(O)(C3CC3)C2)cc1. The lowest BCUT2D eigenvalue weighted by Crippen LogP contribution is -2.62. The second-order valence-corrected chi connectivity index (χ2v) is 5.69. The first kappa shape index (κ1) is 11.2. The van der Waals surface area contributed by atoms with Crippen molar-refractivity contribution in [3.63, 3.8) is 0 Å². The van der Waals surface area contributed by atoms with Gasteiger partial charge in [0.2, 0.25) is 0 Å². The molecule has 2 heteroatoms. The van der Waals surface area contributed by atoms with Crippen molar-refractivity contribution in [1.29, 1.82) is 0 Å². The monoisotopic (exact) mass is 231 g/mol. The van der Waals surface area contributed by atoms with Gasteiger partial charge in [-0.05, 0) is 36.3 Å². The molecule has 1 aromatic carbocycles. The number of aliphatic hydroxyl groups is 1. The normalized spacial score (nSPS) is 23.4. The molecule has 0 unspecified atom stereocenters. The minimum absolute atomic E-state index is 0.344. The van der Waals surface area contributed by atoms with Gasteiger partial charge in [-0.25, -0.2) is 0 Å². The van der Waals surface area contributed by atoms with E-state index in [1.165, 1.54) is 24.0 Å². The van der Waals surface area contributed by atoms with Crippen LogP contribution >= 0.6 is 0 Å². The first-order chi connectivity index (χ1) is 8.19. The average Bonchev–Trinajstić information content (AvgIpc) is 3.12. The van der Waals surface area contributed by atoms with Crippen LogP contribution in [0.2, 0.25) is 0 Å². The van der Waals surface area contributed by atoms with Crippen LogP contribution in [0.3, 0.4) is 0 Å². The summed E-state index contributed by atoms with van der Waals surface area (Å²) in [5, 5.41) is 10.2. The zero-order valence-corrected chi connectivity index (χ0v) is 10.5. The fraction of sp³-hybridized carbons (Fsp3) is 0.600. The minimum Gasteiger partial charge on any atom is -0.387 e. The summed E-state index contributed by atoms with van der Waals surface area (Å²) in [6.45, 7) is 4.90. The Balaban J connectivity index is 1.54. The molecule has 1 aliphatic heterocycles. The van der Waals surface area contributed by atoms with E-state index in [4.69, 9.17) is 0 Å². The Morgan fingerprint density at radius 2 is 1.76 bits per heavy atom. The van der Waals surface area contributed by atoms with Gasteiger partial charge in [0.1, 0.15) is 0 Å². The first-order valence-electron chi connectivity index (χ1n) is 6.72. The lowest BCUT2D eigenvalue weighted by molar-refractivity contribution is -0.116. The summed E-state index contributed by atoms with van der Waals surface area (Å²) in [4.78, 5) is 2.35. The number of hydrogen-bond acceptors (Lipinski definition) is 2. The first-order valence-corrected chi connectivity index (χ1v) is 6.72. The third-order valence-corrected chi connectivity index (χ3v) is 4.17. The summed E-state index contributed by atoms with van der Waals surface area (Å²) in [6, 6.07) is 8.85. The van der Waals surface area contributed by atoms with Gasteiger partial charge < -0.3 is 5.11 Å². The number of rotatable bonds is 4. The van der Waals surface area contributed by atoms with E-state index in [-0.39, 0.29) is 5.60 Å². The third-order valence-electron chi connectivity index (χ3n) is 4.17. The maximum absolute atomic E-state index is 10.2. The van der Waals surface area contributed by atoms with E-state index >= 15 is 0 Å². The number of β-amino-alcohol motifs (C(OH)–C–C–N with tert-alkyl or cyclic N) is 1. The molecule has 2 fully saturated rings. The second-order valence-electron chi connectivity index (χ2n) is 5.69. The van der Waals surface area contributed by atoms with Crippen molar-refractivity contribution in [1.82, 2.24) is 4.90 Å². The quantitative estimate of drug-likeness (QED) is 0.858. The molecule has 2 nitrogen and oxygen atoms in total. The third kappa shape index (κ3) is 2.24. The predicted octanol–water partition coefficient (Wildman–Crippen LogP) is 2.21. The van der Waals surface area contributed by atoms with Crippen LogP contribution in [0.1, 0.15) is 30.9 Å².